The number of rotatable bonds is 5. The van der Waals surface area contributed by atoms with E-state index < -0.39 is 11.6 Å². The van der Waals surface area contributed by atoms with Crippen LogP contribution < -0.4 is 11.1 Å². The molecule has 1 aromatic carbocycles. The van der Waals surface area contributed by atoms with E-state index in [4.69, 9.17) is 5.73 Å². The van der Waals surface area contributed by atoms with Crippen LogP contribution in [0.3, 0.4) is 0 Å². The molecule has 0 radical (unpaired) electrons. The molecule has 0 aliphatic heterocycles. The predicted molar refractivity (Wildman–Crippen MR) is 72.0 cm³/mol. The Morgan fingerprint density at radius 2 is 2.21 bits per heavy atom. The van der Waals surface area contributed by atoms with Gasteiger partial charge in [-0.05, 0) is 24.5 Å². The van der Waals surface area contributed by atoms with E-state index in [-0.39, 0.29) is 5.41 Å². The third kappa shape index (κ3) is 3.10. The molecule has 1 fully saturated rings. The van der Waals surface area contributed by atoms with Gasteiger partial charge in [0.1, 0.15) is 11.6 Å². The lowest BCUT2D eigenvalue weighted by atomic mass is 9.95. The summed E-state index contributed by atoms with van der Waals surface area (Å²) in [4.78, 5) is 4.21. The van der Waals surface area contributed by atoms with Gasteiger partial charge in [-0.25, -0.2) is 8.78 Å². The quantitative estimate of drug-likeness (QED) is 0.486. The Balaban J connectivity index is 2.09. The highest BCUT2D eigenvalue weighted by Crippen LogP contribution is 2.49. The van der Waals surface area contributed by atoms with Crippen molar-refractivity contribution in [3.8, 4) is 0 Å². The fourth-order valence-electron chi connectivity index (χ4n) is 2.05. The molecule has 5 heteroatoms. The summed E-state index contributed by atoms with van der Waals surface area (Å²) in [6, 6.07) is 3.69. The Kier molecular flexibility index (Phi) is 3.83. The second-order valence-corrected chi connectivity index (χ2v) is 4.78. The van der Waals surface area contributed by atoms with Crippen LogP contribution in [-0.4, -0.2) is 19.0 Å². The zero-order chi connectivity index (χ0) is 13.9. The van der Waals surface area contributed by atoms with Crippen molar-refractivity contribution in [3.05, 3.63) is 48.1 Å². The monoisotopic (exact) mass is 265 g/mol. The molecule has 1 aliphatic rings. The number of nitrogens with zero attached hydrogens (tertiary/aromatic N) is 1. The zero-order valence-corrected chi connectivity index (χ0v) is 10.6. The van der Waals surface area contributed by atoms with Crippen LogP contribution in [0, 0.1) is 11.6 Å². The molecule has 1 aliphatic carbocycles. The molecule has 0 heterocycles. The summed E-state index contributed by atoms with van der Waals surface area (Å²) in [7, 11) is 0. The maximum Gasteiger partial charge on any atom is 0.188 e. The first-order valence-corrected chi connectivity index (χ1v) is 6.18. The minimum Gasteiger partial charge on any atom is -0.370 e. The topological polar surface area (TPSA) is 50.4 Å². The van der Waals surface area contributed by atoms with E-state index in [1.807, 2.05) is 0 Å². The summed E-state index contributed by atoms with van der Waals surface area (Å²) in [6.07, 6.45) is 3.36. The smallest absolute Gasteiger partial charge is 0.188 e. The van der Waals surface area contributed by atoms with E-state index in [1.165, 1.54) is 12.1 Å². The number of hydrogen-bond donors (Lipinski definition) is 2. The Morgan fingerprint density at radius 3 is 2.79 bits per heavy atom. The maximum atomic E-state index is 13.8. The number of nitrogens with one attached hydrogen (secondary N) is 1. The fourth-order valence-corrected chi connectivity index (χ4v) is 2.05. The van der Waals surface area contributed by atoms with Crippen LogP contribution in [-0.2, 0) is 5.41 Å². The predicted octanol–water partition coefficient (Wildman–Crippen LogP) is 2.09. The average Bonchev–Trinajstić information content (AvgIpc) is 3.15. The molecule has 0 atom stereocenters. The number of hydrogen-bond acceptors (Lipinski definition) is 1. The third-order valence-corrected chi connectivity index (χ3v) is 3.34. The normalized spacial score (nSPS) is 17.1. The number of benzene rings is 1. The third-order valence-electron chi connectivity index (χ3n) is 3.34. The minimum absolute atomic E-state index is 0.314. The lowest BCUT2D eigenvalue weighted by molar-refractivity contribution is 0.549. The molecular weight excluding hydrogens is 248 g/mol. The van der Waals surface area contributed by atoms with Crippen LogP contribution in [0.2, 0.25) is 0 Å². The van der Waals surface area contributed by atoms with Crippen molar-refractivity contribution in [1.82, 2.24) is 5.32 Å². The van der Waals surface area contributed by atoms with E-state index in [0.717, 1.165) is 18.9 Å². The molecule has 2 rings (SSSR count). The van der Waals surface area contributed by atoms with Crippen molar-refractivity contribution in [1.29, 1.82) is 0 Å². The van der Waals surface area contributed by atoms with Crippen molar-refractivity contribution in [2.75, 3.05) is 13.1 Å². The summed E-state index contributed by atoms with van der Waals surface area (Å²) in [6.45, 7) is 4.51. The molecule has 3 N–H and O–H groups in total. The second kappa shape index (κ2) is 5.38. The molecule has 0 aromatic heterocycles. The van der Waals surface area contributed by atoms with Crippen LogP contribution in [0.25, 0.3) is 0 Å². The van der Waals surface area contributed by atoms with Crippen molar-refractivity contribution in [3.63, 3.8) is 0 Å². The molecule has 0 unspecified atom stereocenters. The van der Waals surface area contributed by atoms with Gasteiger partial charge in [-0.3, -0.25) is 4.99 Å². The van der Waals surface area contributed by atoms with E-state index in [0.29, 0.717) is 24.6 Å². The minimum atomic E-state index is -0.562. The van der Waals surface area contributed by atoms with Gasteiger partial charge in [0.25, 0.3) is 0 Å². The Labute approximate surface area is 111 Å². The number of nitrogens with two attached hydrogens (primary N) is 1. The van der Waals surface area contributed by atoms with E-state index in [2.05, 4.69) is 16.9 Å². The number of halogens is 2. The van der Waals surface area contributed by atoms with Crippen LogP contribution in [0.5, 0.6) is 0 Å². The van der Waals surface area contributed by atoms with Gasteiger partial charge in [0.05, 0.1) is 6.54 Å². The molecular formula is C14H17F2N3. The number of aliphatic imine (C=N–C) groups is 1. The standard InChI is InChI=1S/C14H17F2N3/c1-2-7-18-13(17)19-9-14(5-6-14)11-4-3-10(15)8-12(11)16/h2-4,8H,1,5-7,9H2,(H3,17,18,19). The van der Waals surface area contributed by atoms with Crippen LogP contribution >= 0.6 is 0 Å². The Morgan fingerprint density at radius 1 is 1.47 bits per heavy atom. The van der Waals surface area contributed by atoms with E-state index in [1.54, 1.807) is 6.08 Å². The first kappa shape index (κ1) is 13.5. The zero-order valence-electron chi connectivity index (χ0n) is 10.6. The summed E-state index contributed by atoms with van der Waals surface area (Å²) in [5, 5.41) is 2.86. The molecule has 0 amide bonds. The number of guanidine groups is 1. The van der Waals surface area contributed by atoms with Crippen molar-refractivity contribution < 1.29 is 8.78 Å². The summed E-state index contributed by atoms with van der Waals surface area (Å²) < 4.78 is 26.7. The Bertz CT molecular complexity index is 507. The fraction of sp³-hybridized carbons (Fsp3) is 0.357. The van der Waals surface area contributed by atoms with Gasteiger partial charge in [-0.15, -0.1) is 6.58 Å². The summed E-state index contributed by atoms with van der Waals surface area (Å²) >= 11 is 0. The SMILES string of the molecule is C=CCNC(N)=NCC1(c2ccc(F)cc2F)CC1. The van der Waals surface area contributed by atoms with Gasteiger partial charge in [0, 0.05) is 18.0 Å². The van der Waals surface area contributed by atoms with Crippen molar-refractivity contribution in [2.45, 2.75) is 18.3 Å². The molecule has 3 nitrogen and oxygen atoms in total. The molecule has 0 saturated heterocycles. The van der Waals surface area contributed by atoms with E-state index in [9.17, 15) is 8.78 Å². The molecule has 19 heavy (non-hydrogen) atoms. The van der Waals surface area contributed by atoms with E-state index >= 15 is 0 Å². The molecule has 1 aromatic rings. The van der Waals surface area contributed by atoms with Crippen LogP contribution in [0.1, 0.15) is 18.4 Å². The first-order chi connectivity index (χ1) is 9.07. The molecule has 0 bridgehead atoms. The average molecular weight is 265 g/mol. The highest BCUT2D eigenvalue weighted by Gasteiger charge is 2.45. The van der Waals surface area contributed by atoms with Gasteiger partial charge in [0.15, 0.2) is 5.96 Å². The molecule has 102 valence electrons. The lowest BCUT2D eigenvalue weighted by Gasteiger charge is -2.14. The lowest BCUT2D eigenvalue weighted by Crippen LogP contribution is -2.32. The first-order valence-electron chi connectivity index (χ1n) is 6.18. The van der Waals surface area contributed by atoms with Crippen LogP contribution in [0.15, 0.2) is 35.8 Å². The van der Waals surface area contributed by atoms with Gasteiger partial charge in [0.2, 0.25) is 0 Å². The molecule has 1 saturated carbocycles. The van der Waals surface area contributed by atoms with Gasteiger partial charge < -0.3 is 11.1 Å². The molecule has 0 spiro atoms. The highest BCUT2D eigenvalue weighted by atomic mass is 19.1. The second-order valence-electron chi connectivity index (χ2n) is 4.78. The highest BCUT2D eigenvalue weighted by molar-refractivity contribution is 5.78. The van der Waals surface area contributed by atoms with Gasteiger partial charge >= 0.3 is 0 Å². The van der Waals surface area contributed by atoms with Crippen molar-refractivity contribution >= 4 is 5.96 Å². The summed E-state index contributed by atoms with van der Waals surface area (Å²) in [5.41, 5.74) is 5.87. The largest absolute Gasteiger partial charge is 0.370 e. The van der Waals surface area contributed by atoms with Gasteiger partial charge in [-0.2, -0.15) is 0 Å². The summed E-state index contributed by atoms with van der Waals surface area (Å²) in [5.74, 6) is -0.758. The van der Waals surface area contributed by atoms with Crippen molar-refractivity contribution in [2.24, 2.45) is 10.7 Å². The van der Waals surface area contributed by atoms with Crippen LogP contribution in [0.4, 0.5) is 8.78 Å². The Hall–Kier alpha value is -1.91. The van der Waals surface area contributed by atoms with Gasteiger partial charge in [-0.1, -0.05) is 12.1 Å². The maximum absolute atomic E-state index is 13.8.